The number of carboxylic acid groups (broad SMARTS) is 1. The molecule has 4 aromatic rings. The molecular formula is C49H62Cl2FN6O16PS3. The topological polar surface area (TPSA) is 324 Å². The van der Waals surface area contributed by atoms with Crippen LogP contribution >= 0.6 is 53.7 Å². The molecule has 3 unspecified atom stereocenters. The second-order valence-electron chi connectivity index (χ2n) is 17.8. The van der Waals surface area contributed by atoms with Crippen molar-refractivity contribution in [1.82, 2.24) is 9.36 Å². The molecule has 1 fully saturated rings. The number of para-hydroxylation sites is 1. The largest absolute Gasteiger partial charge is 0.480 e. The molecule has 0 bridgehead atoms. The first-order chi connectivity index (χ1) is 36.5. The van der Waals surface area contributed by atoms with Gasteiger partial charge in [-0.05, 0) is 92.7 Å². The standard InChI is InChI=1S/C15H15ClFN3O3S2.C15H22ClNO2.C14H13NO7S.C5H12NO4P/c1-23-13(21)8-24-12-7-11(10(17)6-9(12)16)18-14-19-4-2-3-5-20(19)15(22)25-14;1-5-13-8-6-7-11(2)15(13)17(14(18)9-16)12(3)10-19-4;1-23(21,22)8-5-6-9(10(7-8)15(19)20)14(18)13-11(16)3-2-4-12(13)17;1-11(9,10)3-2-4(6)5(7)8/h6-7H,2-5,8H2,1H3;6-8,12H,5,9-10H2,1-4H3;5-7,13H,2-4H2,1H3;4H,2-3,6H2,1H3,(H,7,8)(H,9,10). The number of rotatable bonds is 18. The summed E-state index contributed by atoms with van der Waals surface area (Å²) in [6.07, 6.45) is 4.14. The van der Waals surface area contributed by atoms with Crippen LogP contribution in [0.1, 0.15) is 73.9 Å². The fourth-order valence-electron chi connectivity index (χ4n) is 7.71. The number of ketones is 3. The van der Waals surface area contributed by atoms with Crippen molar-refractivity contribution in [2.24, 2.45) is 16.6 Å². The highest BCUT2D eigenvalue weighted by molar-refractivity contribution is 8.00. The molecule has 2 aliphatic rings. The Balaban J connectivity index is 0.000000283. The van der Waals surface area contributed by atoms with Crippen LogP contribution in [-0.4, -0.2) is 132 Å². The highest BCUT2D eigenvalue weighted by Gasteiger charge is 2.39. The number of aryl methyl sites for hydroxylation is 2. The van der Waals surface area contributed by atoms with E-state index in [-0.39, 0.29) is 69.5 Å². The van der Waals surface area contributed by atoms with Gasteiger partial charge in [-0.15, -0.1) is 23.4 Å². The third-order valence-corrected chi connectivity index (χ3v) is 16.4. The fourth-order valence-corrected chi connectivity index (χ4v) is 11.2. The number of anilines is 1. The van der Waals surface area contributed by atoms with E-state index in [2.05, 4.69) is 22.7 Å². The molecule has 78 heavy (non-hydrogen) atoms. The van der Waals surface area contributed by atoms with E-state index in [0.717, 1.165) is 89.7 Å². The smallest absolute Gasteiger partial charge is 0.325 e. The molecule has 29 heteroatoms. The molecule has 3 aromatic carbocycles. The molecule has 0 saturated heterocycles. The number of nitrogens with zero attached hydrogens (tertiary/aromatic N) is 5. The van der Waals surface area contributed by atoms with Gasteiger partial charge in [-0.1, -0.05) is 36.7 Å². The highest BCUT2D eigenvalue weighted by atomic mass is 35.5. The molecule has 1 aliphatic heterocycles. The Kier molecular flexibility index (Phi) is 26.4. The zero-order valence-corrected chi connectivity index (χ0v) is 48.6. The summed E-state index contributed by atoms with van der Waals surface area (Å²) in [5.41, 5.74) is 7.22. The van der Waals surface area contributed by atoms with E-state index in [1.807, 2.05) is 26.0 Å². The summed E-state index contributed by atoms with van der Waals surface area (Å²) in [4.78, 5) is 107. The number of carbonyl (C=O) groups is 6. The van der Waals surface area contributed by atoms with Crippen LogP contribution in [0.15, 0.2) is 68.1 Å². The Labute approximate surface area is 467 Å². The maximum Gasteiger partial charge on any atom is 0.325 e. The van der Waals surface area contributed by atoms with Crippen LogP contribution in [0, 0.1) is 28.8 Å². The first-order valence-corrected chi connectivity index (χ1v) is 30.8. The summed E-state index contributed by atoms with van der Waals surface area (Å²) >= 11 is 13.9. The maximum atomic E-state index is 14.3. The number of amides is 1. The third kappa shape index (κ3) is 19.4. The Morgan fingerprint density at radius 3 is 2.23 bits per heavy atom. The van der Waals surface area contributed by atoms with Gasteiger partial charge in [0.05, 0.1) is 51.6 Å². The van der Waals surface area contributed by atoms with Crippen molar-refractivity contribution in [3.05, 3.63) is 101 Å². The van der Waals surface area contributed by atoms with E-state index in [1.54, 1.807) is 21.4 Å². The average Bonchev–Trinajstić information content (AvgIpc) is 3.71. The van der Waals surface area contributed by atoms with Gasteiger partial charge in [-0.25, -0.2) is 22.5 Å². The number of fused-ring (bicyclic) bond motifs is 1. The number of hydrogen-bond acceptors (Lipinski definition) is 18. The number of esters is 1. The second kappa shape index (κ2) is 30.8. The van der Waals surface area contributed by atoms with E-state index in [0.29, 0.717) is 35.8 Å². The number of benzene rings is 3. The molecule has 1 saturated carbocycles. The van der Waals surface area contributed by atoms with Gasteiger partial charge in [0.2, 0.25) is 10.7 Å². The van der Waals surface area contributed by atoms with Crippen molar-refractivity contribution < 1.29 is 70.5 Å². The van der Waals surface area contributed by atoms with Crippen LogP contribution in [0.25, 0.3) is 0 Å². The Morgan fingerprint density at radius 2 is 1.69 bits per heavy atom. The van der Waals surface area contributed by atoms with Gasteiger partial charge in [0.1, 0.15) is 29.3 Å². The maximum absolute atomic E-state index is 14.3. The predicted molar refractivity (Wildman–Crippen MR) is 294 cm³/mol. The molecule has 4 N–H and O–H groups in total. The number of methoxy groups -OCH3 is 2. The number of thioether (sulfide) groups is 1. The Bertz CT molecular complexity index is 3150. The van der Waals surface area contributed by atoms with Crippen molar-refractivity contribution >= 4 is 116 Å². The number of ether oxygens (including phenoxy) is 2. The lowest BCUT2D eigenvalue weighted by atomic mass is 9.81. The lowest BCUT2D eigenvalue weighted by Gasteiger charge is -2.31. The van der Waals surface area contributed by atoms with Gasteiger partial charge < -0.3 is 30.1 Å². The van der Waals surface area contributed by atoms with Crippen molar-refractivity contribution in [1.29, 1.82) is 0 Å². The predicted octanol–water partition coefficient (Wildman–Crippen LogP) is 6.77. The Morgan fingerprint density at radius 1 is 1.06 bits per heavy atom. The van der Waals surface area contributed by atoms with Gasteiger partial charge in [0.25, 0.3) is 5.69 Å². The number of halogens is 3. The van der Waals surface area contributed by atoms with Crippen molar-refractivity contribution in [2.45, 2.75) is 101 Å². The van der Waals surface area contributed by atoms with Crippen molar-refractivity contribution in [3.8, 4) is 0 Å². The molecule has 6 rings (SSSR count). The molecule has 22 nitrogen and oxygen atoms in total. The van der Waals surface area contributed by atoms with Crippen LogP contribution in [-0.2, 0) is 67.4 Å². The number of carboxylic acids is 1. The molecular weight excluding hydrogens is 1150 g/mol. The monoisotopic (exact) mass is 1210 g/mol. The first-order valence-electron chi connectivity index (χ1n) is 23.9. The number of sulfone groups is 1. The summed E-state index contributed by atoms with van der Waals surface area (Å²) in [6.45, 7) is 9.07. The second-order valence-corrected chi connectivity index (χ2v) is 24.9. The SMILES string of the molecule is CCc1cccc(C)c1N(C(=O)CCl)C(C)COC.COC(=O)CSc1cc(N=c2sc(=O)n3n2CCCC3)c(F)cc1Cl.CP(=O)(O)CCC(N)C(=O)O.CS(=O)(=O)c1ccc(C(=O)C2C(=O)CCCC2=O)c([N+](=O)[O-])c1. The number of nitro groups is 1. The van der Waals surface area contributed by atoms with Crippen LogP contribution in [0.4, 0.5) is 21.5 Å². The number of nitrogens with two attached hydrogens (primary N) is 1. The van der Waals surface area contributed by atoms with Crippen molar-refractivity contribution in [3.63, 3.8) is 0 Å². The summed E-state index contributed by atoms with van der Waals surface area (Å²) in [5, 5.41) is 19.6. The van der Waals surface area contributed by atoms with E-state index >= 15 is 0 Å². The molecule has 2 heterocycles. The van der Waals surface area contributed by atoms with Crippen LogP contribution in [0.2, 0.25) is 5.02 Å². The minimum Gasteiger partial charge on any atom is -0.480 e. The van der Waals surface area contributed by atoms with Crippen molar-refractivity contribution in [2.75, 3.05) is 56.4 Å². The fraction of sp³-hybridized carbons (Fsp3) is 0.469. The number of hydrogen-bond donors (Lipinski definition) is 3. The van der Waals surface area contributed by atoms with E-state index < -0.39 is 80.4 Å². The zero-order chi connectivity index (χ0) is 58.8. The summed E-state index contributed by atoms with van der Waals surface area (Å²) < 4.78 is 61.0. The molecule has 1 amide bonds. The van der Waals surface area contributed by atoms with Gasteiger partial charge in [0.15, 0.2) is 34.6 Å². The summed E-state index contributed by atoms with van der Waals surface area (Å²) in [5.74, 6) is -5.79. The van der Waals surface area contributed by atoms with Crippen LogP contribution < -0.4 is 20.3 Å². The number of nitro benzene ring substituents is 1. The number of aliphatic carboxylic acids is 1. The van der Waals surface area contributed by atoms with E-state index in [4.69, 9.17) is 43.7 Å². The van der Waals surface area contributed by atoms with E-state index in [1.165, 1.54) is 19.8 Å². The van der Waals surface area contributed by atoms with E-state index in [9.17, 15) is 61.0 Å². The summed E-state index contributed by atoms with van der Waals surface area (Å²) in [7, 11) is -3.87. The van der Waals surface area contributed by atoms with Crippen LogP contribution in [0.3, 0.4) is 0 Å². The van der Waals surface area contributed by atoms with Crippen LogP contribution in [0.5, 0.6) is 0 Å². The van der Waals surface area contributed by atoms with Gasteiger partial charge in [0, 0.05) is 63.1 Å². The minimum absolute atomic E-state index is 0.0223. The minimum atomic E-state index is -3.70. The number of carbonyl (C=O) groups excluding carboxylic acids is 5. The number of alkyl halides is 1. The quantitative estimate of drug-likeness (QED) is 0.0135. The third-order valence-electron chi connectivity index (χ3n) is 11.6. The molecule has 1 aromatic heterocycles. The average molecular weight is 1210 g/mol. The number of aromatic nitrogens is 2. The highest BCUT2D eigenvalue weighted by Crippen LogP contribution is 2.36. The van der Waals surface area contributed by atoms with Gasteiger partial charge >= 0.3 is 16.8 Å². The molecule has 3 atom stereocenters. The molecule has 0 spiro atoms. The zero-order valence-electron chi connectivity index (χ0n) is 43.8. The molecule has 1 aliphatic carbocycles. The summed E-state index contributed by atoms with van der Waals surface area (Å²) in [6, 6.07) is 10.4. The Hall–Kier alpha value is -5.44. The molecule has 428 valence electrons. The lowest BCUT2D eigenvalue weighted by molar-refractivity contribution is -0.385. The van der Waals surface area contributed by atoms with Gasteiger partial charge in [-0.2, -0.15) is 0 Å². The molecule has 0 radical (unpaired) electrons. The number of Topliss-reactive ketones (excluding diaryl/α,β-unsaturated/α-hetero) is 3. The normalized spacial score (nSPS) is 15.1. The lowest BCUT2D eigenvalue weighted by Crippen LogP contribution is -2.43. The first kappa shape index (κ1) is 66.8. The van der Waals surface area contributed by atoms with Gasteiger partial charge in [-0.3, -0.25) is 52.9 Å².